The maximum Gasteiger partial charge on any atom is 0.307 e. The van der Waals surface area contributed by atoms with Gasteiger partial charge in [0.05, 0.1) is 29.9 Å². The van der Waals surface area contributed by atoms with Gasteiger partial charge in [-0.25, -0.2) is 0 Å². The molecule has 0 radical (unpaired) electrons. The summed E-state index contributed by atoms with van der Waals surface area (Å²) in [5.41, 5.74) is 5.51. The molecule has 1 aliphatic heterocycles. The highest BCUT2D eigenvalue weighted by Crippen LogP contribution is 2.40. The second-order valence-electron chi connectivity index (χ2n) is 8.48. The number of fused-ring (bicyclic) bond motifs is 1. The smallest absolute Gasteiger partial charge is 0.307 e. The second-order valence-corrected chi connectivity index (χ2v) is 8.89. The molecule has 1 aliphatic rings. The van der Waals surface area contributed by atoms with Crippen molar-refractivity contribution in [3.63, 3.8) is 0 Å². The number of hydrogen-bond acceptors (Lipinski definition) is 5. The van der Waals surface area contributed by atoms with Crippen LogP contribution in [-0.2, 0) is 16.0 Å². The third-order valence-electron chi connectivity index (χ3n) is 6.10. The SMILES string of the molecule is COc1ccc(/C=C2\C(=O)Nc3cc(Cl)c(-c4ccc(-c5ccccc5O)cn4)cc32)cc1CC(=O)O. The van der Waals surface area contributed by atoms with Gasteiger partial charge in [-0.05, 0) is 48.0 Å². The first-order chi connectivity index (χ1) is 17.8. The first-order valence-corrected chi connectivity index (χ1v) is 11.7. The predicted molar refractivity (Wildman–Crippen MR) is 143 cm³/mol. The lowest BCUT2D eigenvalue weighted by Crippen LogP contribution is -2.04. The Morgan fingerprint density at radius 3 is 2.57 bits per heavy atom. The Morgan fingerprint density at radius 2 is 1.86 bits per heavy atom. The van der Waals surface area contributed by atoms with E-state index in [0.717, 1.165) is 5.56 Å². The first-order valence-electron chi connectivity index (χ1n) is 11.3. The van der Waals surface area contributed by atoms with Gasteiger partial charge < -0.3 is 20.3 Å². The molecule has 0 aliphatic carbocycles. The molecular weight excluding hydrogens is 492 g/mol. The summed E-state index contributed by atoms with van der Waals surface area (Å²) in [6.45, 7) is 0. The minimum atomic E-state index is -0.979. The van der Waals surface area contributed by atoms with Crippen molar-refractivity contribution in [3.05, 3.63) is 94.6 Å². The number of aromatic hydroxyl groups is 1. The Morgan fingerprint density at radius 1 is 1.05 bits per heavy atom. The van der Waals surface area contributed by atoms with Gasteiger partial charge in [-0.2, -0.15) is 0 Å². The van der Waals surface area contributed by atoms with Crippen LogP contribution in [0.15, 0.2) is 72.9 Å². The van der Waals surface area contributed by atoms with Crippen LogP contribution in [-0.4, -0.2) is 34.2 Å². The molecule has 4 aromatic rings. The van der Waals surface area contributed by atoms with Crippen molar-refractivity contribution >= 4 is 40.8 Å². The van der Waals surface area contributed by atoms with Crippen LogP contribution in [0.2, 0.25) is 5.02 Å². The Kier molecular flexibility index (Phi) is 6.38. The lowest BCUT2D eigenvalue weighted by molar-refractivity contribution is -0.136. The number of carbonyl (C=O) groups excluding carboxylic acids is 1. The quantitative estimate of drug-likeness (QED) is 0.277. The van der Waals surface area contributed by atoms with Gasteiger partial charge in [-0.15, -0.1) is 0 Å². The molecule has 0 bridgehead atoms. The molecule has 3 aromatic carbocycles. The zero-order valence-electron chi connectivity index (χ0n) is 19.7. The number of hydrogen-bond donors (Lipinski definition) is 3. The summed E-state index contributed by atoms with van der Waals surface area (Å²) in [5, 5.41) is 22.6. The fourth-order valence-electron chi connectivity index (χ4n) is 4.34. The van der Waals surface area contributed by atoms with E-state index in [1.165, 1.54) is 7.11 Å². The topological polar surface area (TPSA) is 109 Å². The van der Waals surface area contributed by atoms with Gasteiger partial charge in [0.1, 0.15) is 11.5 Å². The molecule has 3 N–H and O–H groups in total. The highest BCUT2D eigenvalue weighted by molar-refractivity contribution is 6.38. The summed E-state index contributed by atoms with van der Waals surface area (Å²) < 4.78 is 5.27. The number of halogens is 1. The number of aliphatic carboxylic acids is 1. The number of pyridine rings is 1. The summed E-state index contributed by atoms with van der Waals surface area (Å²) >= 11 is 6.56. The highest BCUT2D eigenvalue weighted by Gasteiger charge is 2.26. The number of carboxylic acids is 1. The Labute approximate surface area is 217 Å². The molecule has 1 amide bonds. The van der Waals surface area contributed by atoms with E-state index < -0.39 is 5.97 Å². The number of aromatic nitrogens is 1. The fraction of sp³-hybridized carbons (Fsp3) is 0.0690. The number of methoxy groups -OCH3 is 1. The van der Waals surface area contributed by atoms with E-state index in [1.807, 2.05) is 30.3 Å². The van der Waals surface area contributed by atoms with Crippen molar-refractivity contribution in [1.29, 1.82) is 0 Å². The number of ether oxygens (including phenoxy) is 1. The van der Waals surface area contributed by atoms with Crippen LogP contribution in [0.3, 0.4) is 0 Å². The van der Waals surface area contributed by atoms with Gasteiger partial charge in [0.15, 0.2) is 0 Å². The second kappa shape index (κ2) is 9.79. The Bertz CT molecular complexity index is 1580. The van der Waals surface area contributed by atoms with E-state index in [2.05, 4.69) is 10.3 Å². The molecule has 8 heteroatoms. The van der Waals surface area contributed by atoms with Gasteiger partial charge in [-0.3, -0.25) is 14.6 Å². The number of carboxylic acid groups (broad SMARTS) is 1. The number of phenols is 1. The van der Waals surface area contributed by atoms with E-state index in [1.54, 1.807) is 48.7 Å². The van der Waals surface area contributed by atoms with E-state index >= 15 is 0 Å². The van der Waals surface area contributed by atoms with Crippen LogP contribution in [0.5, 0.6) is 11.5 Å². The zero-order chi connectivity index (χ0) is 26.1. The zero-order valence-corrected chi connectivity index (χ0v) is 20.4. The maximum absolute atomic E-state index is 12.8. The van der Waals surface area contributed by atoms with Gasteiger partial charge in [0.2, 0.25) is 0 Å². The largest absolute Gasteiger partial charge is 0.507 e. The number of rotatable bonds is 6. The summed E-state index contributed by atoms with van der Waals surface area (Å²) in [7, 11) is 1.48. The average molecular weight is 513 g/mol. The summed E-state index contributed by atoms with van der Waals surface area (Å²) in [4.78, 5) is 28.6. The summed E-state index contributed by atoms with van der Waals surface area (Å²) in [5.74, 6) is -0.640. The average Bonchev–Trinajstić information content (AvgIpc) is 3.17. The van der Waals surface area contributed by atoms with Crippen LogP contribution in [0.25, 0.3) is 34.0 Å². The van der Waals surface area contributed by atoms with Crippen molar-refractivity contribution in [2.75, 3.05) is 12.4 Å². The van der Waals surface area contributed by atoms with E-state index in [9.17, 15) is 19.8 Å². The van der Waals surface area contributed by atoms with Crippen LogP contribution in [0.1, 0.15) is 16.7 Å². The molecule has 5 rings (SSSR count). The van der Waals surface area contributed by atoms with Crippen LogP contribution in [0, 0.1) is 0 Å². The number of anilines is 1. The predicted octanol–water partition coefficient (Wildman–Crippen LogP) is 5.90. The van der Waals surface area contributed by atoms with Crippen LogP contribution < -0.4 is 10.1 Å². The molecule has 1 aromatic heterocycles. The van der Waals surface area contributed by atoms with E-state index in [4.69, 9.17) is 16.3 Å². The molecular formula is C29H21ClN2O5. The van der Waals surface area contributed by atoms with Crippen molar-refractivity contribution in [2.24, 2.45) is 0 Å². The molecule has 7 nitrogen and oxygen atoms in total. The van der Waals surface area contributed by atoms with Gasteiger partial charge in [-0.1, -0.05) is 41.9 Å². The summed E-state index contributed by atoms with van der Waals surface area (Å²) in [6.07, 6.45) is 3.17. The number of phenolic OH excluding ortho intramolecular Hbond substituents is 1. The van der Waals surface area contributed by atoms with Crippen LogP contribution in [0.4, 0.5) is 5.69 Å². The van der Waals surface area contributed by atoms with E-state index in [0.29, 0.717) is 55.5 Å². The lowest BCUT2D eigenvalue weighted by Gasteiger charge is -2.10. The normalized spacial score (nSPS) is 13.4. The molecule has 37 heavy (non-hydrogen) atoms. The Hall–Kier alpha value is -4.62. The van der Waals surface area contributed by atoms with E-state index in [-0.39, 0.29) is 18.1 Å². The summed E-state index contributed by atoms with van der Waals surface area (Å²) in [6, 6.07) is 19.3. The van der Waals surface area contributed by atoms with Gasteiger partial charge in [0, 0.05) is 39.6 Å². The van der Waals surface area contributed by atoms with Gasteiger partial charge >= 0.3 is 5.97 Å². The fourth-order valence-corrected chi connectivity index (χ4v) is 4.60. The van der Waals surface area contributed by atoms with Crippen molar-refractivity contribution in [3.8, 4) is 33.9 Å². The molecule has 0 spiro atoms. The minimum absolute atomic E-state index is 0.164. The third-order valence-corrected chi connectivity index (χ3v) is 6.41. The van der Waals surface area contributed by atoms with Crippen molar-refractivity contribution in [1.82, 2.24) is 4.98 Å². The number of amides is 1. The first kappa shape index (κ1) is 24.1. The standard InChI is InChI=1S/C29H21ClN2O5/c1-37-27-9-6-16(10-18(27)12-28(34)35)11-21-20-13-22(23(30)14-25(20)32-29(21)36)24-8-7-17(15-31-24)19-4-2-3-5-26(19)33/h2-11,13-15,33H,12H2,1H3,(H,32,36)(H,34,35)/b21-11-. The number of para-hydroxylation sites is 1. The van der Waals surface area contributed by atoms with Gasteiger partial charge in [0.25, 0.3) is 5.91 Å². The molecule has 184 valence electrons. The van der Waals surface area contributed by atoms with Crippen molar-refractivity contribution in [2.45, 2.75) is 6.42 Å². The monoisotopic (exact) mass is 512 g/mol. The number of carbonyl (C=O) groups is 2. The molecule has 0 atom stereocenters. The number of nitrogens with zero attached hydrogens (tertiary/aromatic N) is 1. The Balaban J connectivity index is 1.53. The highest BCUT2D eigenvalue weighted by atomic mass is 35.5. The molecule has 0 fully saturated rings. The number of nitrogens with one attached hydrogen (secondary N) is 1. The molecule has 0 saturated carbocycles. The lowest BCUT2D eigenvalue weighted by atomic mass is 9.98. The van der Waals surface area contributed by atoms with Crippen molar-refractivity contribution < 1.29 is 24.5 Å². The maximum atomic E-state index is 12.8. The number of benzene rings is 3. The molecule has 0 unspecified atom stereocenters. The van der Waals surface area contributed by atoms with Crippen LogP contribution >= 0.6 is 11.6 Å². The molecule has 0 saturated heterocycles. The third kappa shape index (κ3) is 4.77. The molecule has 2 heterocycles. The minimum Gasteiger partial charge on any atom is -0.507 e.